The highest BCUT2D eigenvalue weighted by atomic mass is 35.5. The van der Waals surface area contributed by atoms with Crippen molar-refractivity contribution in [1.82, 2.24) is 18.7 Å². The number of nitrogens with one attached hydrogen (secondary N) is 1. The average Bonchev–Trinajstić information content (AvgIpc) is 3.30. The molecular formula is C21H22ClN5O3S. The van der Waals surface area contributed by atoms with E-state index in [-0.39, 0.29) is 17.9 Å². The fraction of sp³-hybridized carbons (Fsp3) is 0.333. The maximum atomic E-state index is 13.1. The lowest BCUT2D eigenvalue weighted by Crippen LogP contribution is -2.29. The van der Waals surface area contributed by atoms with Gasteiger partial charge in [0.25, 0.3) is 5.56 Å². The fourth-order valence-electron chi connectivity index (χ4n) is 3.38. The highest BCUT2D eigenvalue weighted by Crippen LogP contribution is 2.20. The van der Waals surface area contributed by atoms with Crippen LogP contribution in [0, 0.1) is 12.8 Å². The smallest absolute Gasteiger partial charge is 0.324 e. The van der Waals surface area contributed by atoms with Gasteiger partial charge in [0, 0.05) is 17.3 Å². The molecule has 1 aromatic carbocycles. The quantitative estimate of drug-likeness (QED) is 0.477. The summed E-state index contributed by atoms with van der Waals surface area (Å²) in [6, 6.07) is 6.92. The zero-order chi connectivity index (χ0) is 22.3. The molecule has 0 aliphatic rings. The van der Waals surface area contributed by atoms with Gasteiger partial charge in [0.1, 0.15) is 11.2 Å². The summed E-state index contributed by atoms with van der Waals surface area (Å²) in [7, 11) is 0. The molecule has 1 amide bonds. The Morgan fingerprint density at radius 3 is 2.77 bits per heavy atom. The van der Waals surface area contributed by atoms with Gasteiger partial charge >= 0.3 is 5.69 Å². The number of hydrogen-bond donors (Lipinski definition) is 1. The number of carbonyl (C=O) groups is 1. The zero-order valence-electron chi connectivity index (χ0n) is 17.4. The number of carbonyl (C=O) groups excluding carboxylic acids is 1. The van der Waals surface area contributed by atoms with E-state index in [1.807, 2.05) is 6.92 Å². The lowest BCUT2D eigenvalue weighted by atomic mass is 10.1. The van der Waals surface area contributed by atoms with Crippen LogP contribution in [-0.4, -0.2) is 24.7 Å². The first-order valence-electron chi connectivity index (χ1n) is 9.92. The Labute approximate surface area is 186 Å². The van der Waals surface area contributed by atoms with Crippen molar-refractivity contribution in [3.63, 3.8) is 0 Å². The zero-order valence-corrected chi connectivity index (χ0v) is 19.0. The molecule has 0 aliphatic heterocycles. The lowest BCUT2D eigenvalue weighted by Gasteiger charge is -2.09. The van der Waals surface area contributed by atoms with Crippen molar-refractivity contribution >= 4 is 50.5 Å². The molecule has 0 aliphatic carbocycles. The second-order valence-corrected chi connectivity index (χ2v) is 9.21. The molecule has 8 nitrogen and oxygen atoms in total. The van der Waals surface area contributed by atoms with E-state index in [0.29, 0.717) is 33.4 Å². The Morgan fingerprint density at radius 1 is 1.26 bits per heavy atom. The van der Waals surface area contributed by atoms with Crippen LogP contribution in [0.5, 0.6) is 0 Å². The summed E-state index contributed by atoms with van der Waals surface area (Å²) in [6.07, 6.45) is 0.766. The van der Waals surface area contributed by atoms with Gasteiger partial charge in [0.2, 0.25) is 11.7 Å². The van der Waals surface area contributed by atoms with Gasteiger partial charge in [-0.15, -0.1) is 16.4 Å². The van der Waals surface area contributed by atoms with Crippen LogP contribution in [0.15, 0.2) is 39.2 Å². The number of amides is 1. The van der Waals surface area contributed by atoms with Gasteiger partial charge in [-0.3, -0.25) is 14.2 Å². The molecular weight excluding hydrogens is 438 g/mol. The van der Waals surface area contributed by atoms with Crippen molar-refractivity contribution in [2.45, 2.75) is 40.3 Å². The first-order valence-corrected chi connectivity index (χ1v) is 11.2. The van der Waals surface area contributed by atoms with Gasteiger partial charge in [0.15, 0.2) is 0 Å². The van der Waals surface area contributed by atoms with E-state index < -0.39 is 11.6 Å². The normalized spacial score (nSPS) is 11.6. The summed E-state index contributed by atoms with van der Waals surface area (Å²) in [5.74, 6) is 0.216. The van der Waals surface area contributed by atoms with Crippen LogP contribution in [0.25, 0.3) is 16.0 Å². The van der Waals surface area contributed by atoms with Crippen molar-refractivity contribution in [2.24, 2.45) is 5.92 Å². The second-order valence-electron chi connectivity index (χ2n) is 7.86. The Balaban J connectivity index is 1.75. The van der Waals surface area contributed by atoms with Crippen LogP contribution < -0.4 is 16.6 Å². The number of thiophene rings is 1. The highest BCUT2D eigenvalue weighted by Gasteiger charge is 2.19. The first-order chi connectivity index (χ1) is 14.8. The number of benzene rings is 1. The average molecular weight is 460 g/mol. The maximum absolute atomic E-state index is 13.1. The van der Waals surface area contributed by atoms with Crippen molar-refractivity contribution in [1.29, 1.82) is 0 Å². The van der Waals surface area contributed by atoms with E-state index in [9.17, 15) is 14.4 Å². The largest absolute Gasteiger partial charge is 0.352 e. The molecule has 162 valence electrons. The van der Waals surface area contributed by atoms with Crippen LogP contribution >= 0.6 is 22.9 Å². The van der Waals surface area contributed by atoms with Gasteiger partial charge < -0.3 is 5.32 Å². The molecule has 0 bridgehead atoms. The third-order valence-corrected chi connectivity index (χ3v) is 6.21. The molecule has 10 heteroatoms. The van der Waals surface area contributed by atoms with Crippen LogP contribution in [-0.2, 0) is 17.9 Å². The first kappa shape index (κ1) is 21.3. The minimum atomic E-state index is -0.463. The molecule has 0 saturated heterocycles. The number of fused-ring (bicyclic) bond motifs is 3. The van der Waals surface area contributed by atoms with E-state index >= 15 is 0 Å². The predicted octanol–water partition coefficient (Wildman–Crippen LogP) is 3.52. The highest BCUT2D eigenvalue weighted by molar-refractivity contribution is 7.17. The fourth-order valence-corrected chi connectivity index (χ4v) is 4.38. The van der Waals surface area contributed by atoms with Crippen LogP contribution in [0.3, 0.4) is 0 Å². The minimum absolute atomic E-state index is 0.172. The molecule has 31 heavy (non-hydrogen) atoms. The van der Waals surface area contributed by atoms with E-state index in [2.05, 4.69) is 24.3 Å². The van der Waals surface area contributed by atoms with Gasteiger partial charge in [-0.2, -0.15) is 0 Å². The Bertz CT molecular complexity index is 1410. The van der Waals surface area contributed by atoms with E-state index in [4.69, 9.17) is 11.6 Å². The van der Waals surface area contributed by atoms with Gasteiger partial charge in [-0.25, -0.2) is 13.9 Å². The molecule has 0 spiro atoms. The molecule has 0 atom stereocenters. The summed E-state index contributed by atoms with van der Waals surface area (Å²) < 4.78 is 4.52. The standard InChI is InChI=1S/C21H22ClN5O3S/c1-12(2)6-8-25-19(29)18-16(7-9-31-18)27-20(25)24-26(21(27)30)11-17(28)23-15-10-14(22)5-4-13(15)3/h4-5,7,9-10,12H,6,8,11H2,1-3H3,(H,23,28). The molecule has 4 rings (SSSR count). The van der Waals surface area contributed by atoms with Crippen molar-refractivity contribution in [3.05, 3.63) is 61.1 Å². The van der Waals surface area contributed by atoms with Crippen LogP contribution in [0.4, 0.5) is 5.69 Å². The van der Waals surface area contributed by atoms with E-state index in [1.54, 1.807) is 29.6 Å². The topological polar surface area (TPSA) is 90.4 Å². The molecule has 3 aromatic heterocycles. The molecule has 0 unspecified atom stereocenters. The van der Waals surface area contributed by atoms with Crippen LogP contribution in [0.1, 0.15) is 25.8 Å². The van der Waals surface area contributed by atoms with Gasteiger partial charge in [0.05, 0.1) is 5.52 Å². The van der Waals surface area contributed by atoms with Crippen LogP contribution in [0.2, 0.25) is 5.02 Å². The SMILES string of the molecule is Cc1ccc(Cl)cc1NC(=O)Cn1nc2n(CCC(C)C)c(=O)c3sccc3n2c1=O. The maximum Gasteiger partial charge on any atom is 0.352 e. The molecule has 0 saturated carbocycles. The summed E-state index contributed by atoms with van der Waals surface area (Å²) in [5, 5.41) is 9.39. The summed E-state index contributed by atoms with van der Waals surface area (Å²) in [5.41, 5.74) is 1.29. The number of rotatable bonds is 6. The number of aryl methyl sites for hydroxylation is 2. The predicted molar refractivity (Wildman–Crippen MR) is 123 cm³/mol. The molecule has 0 fully saturated rings. The van der Waals surface area contributed by atoms with Gasteiger partial charge in [-0.05, 0) is 48.4 Å². The summed E-state index contributed by atoms with van der Waals surface area (Å²) in [4.78, 5) is 38.7. The third kappa shape index (κ3) is 4.03. The lowest BCUT2D eigenvalue weighted by molar-refractivity contribution is -0.117. The number of halogens is 1. The van der Waals surface area contributed by atoms with Crippen molar-refractivity contribution in [3.8, 4) is 0 Å². The van der Waals surface area contributed by atoms with Gasteiger partial charge in [-0.1, -0.05) is 31.5 Å². The van der Waals surface area contributed by atoms with Crippen molar-refractivity contribution < 1.29 is 4.79 Å². The van der Waals surface area contributed by atoms with E-state index in [0.717, 1.165) is 16.7 Å². The Morgan fingerprint density at radius 2 is 2.03 bits per heavy atom. The molecule has 3 heterocycles. The van der Waals surface area contributed by atoms with E-state index in [1.165, 1.54) is 20.3 Å². The number of nitrogens with zero attached hydrogens (tertiary/aromatic N) is 4. The number of anilines is 1. The molecule has 1 N–H and O–H groups in total. The minimum Gasteiger partial charge on any atom is -0.324 e. The summed E-state index contributed by atoms with van der Waals surface area (Å²) >= 11 is 7.31. The molecule has 4 aromatic rings. The second kappa shape index (κ2) is 8.32. The number of aromatic nitrogens is 4. The third-order valence-electron chi connectivity index (χ3n) is 5.09. The van der Waals surface area contributed by atoms with Crippen molar-refractivity contribution in [2.75, 3.05) is 5.32 Å². The Kier molecular flexibility index (Phi) is 5.72. The Hall–Kier alpha value is -2.91. The monoisotopic (exact) mass is 459 g/mol. The number of hydrogen-bond acceptors (Lipinski definition) is 5. The summed E-state index contributed by atoms with van der Waals surface area (Å²) in [6.45, 7) is 6.15. The molecule has 0 radical (unpaired) electrons.